The van der Waals surface area contributed by atoms with Crippen molar-refractivity contribution in [3.63, 3.8) is 0 Å². The Morgan fingerprint density at radius 2 is 2.00 bits per heavy atom. The lowest BCUT2D eigenvalue weighted by Gasteiger charge is -2.49. The fourth-order valence-corrected chi connectivity index (χ4v) is 8.49. The smallest absolute Gasteiger partial charge is 0.298 e. The van der Waals surface area contributed by atoms with E-state index in [9.17, 15) is 19.4 Å². The van der Waals surface area contributed by atoms with Crippen molar-refractivity contribution >= 4 is 34.2 Å². The summed E-state index contributed by atoms with van der Waals surface area (Å²) >= 11 is 0. The van der Waals surface area contributed by atoms with Crippen LogP contribution >= 0.6 is 12.4 Å². The third-order valence-corrected chi connectivity index (χ3v) is 11.3. The van der Waals surface area contributed by atoms with Gasteiger partial charge in [-0.3, -0.25) is 9.59 Å². The van der Waals surface area contributed by atoms with E-state index < -0.39 is 61.4 Å². The van der Waals surface area contributed by atoms with Crippen LogP contribution in [-0.2, 0) is 24.3 Å². The Morgan fingerprint density at radius 3 is 2.61 bits per heavy atom. The Labute approximate surface area is 292 Å². The van der Waals surface area contributed by atoms with Gasteiger partial charge < -0.3 is 19.9 Å². The number of primary amides is 1. The lowest BCUT2D eigenvalue weighted by molar-refractivity contribution is -0.984. The number of hydrogen-bond donors (Lipinski definition) is 2. The van der Waals surface area contributed by atoms with E-state index in [1.165, 1.54) is 12.5 Å². The molecule has 4 heterocycles. The SMILES string of the molecule is Cl.[2H][C@@]1(c2ccc(OC(C)C)cc2)C=C2C(=CC=C[N@+]2(N2CCC(Oc3ccncn3)C2C(N)=O)C2(C(=O)NS(=O)(=O)C3CC3)C[C@H]2C=C)O1. The summed E-state index contributed by atoms with van der Waals surface area (Å²) in [5, 5.41) is 1.11. The molecule has 13 nitrogen and oxygen atoms in total. The average Bonchev–Trinajstić information content (AvgIpc) is 3.97. The molecular weight excluding hydrogens is 672 g/mol. The fraction of sp³-hybridized carbons (Fsp3) is 0.412. The van der Waals surface area contributed by atoms with Crippen molar-refractivity contribution in [3.05, 3.63) is 97.0 Å². The second-order valence-corrected chi connectivity index (χ2v) is 14.9. The van der Waals surface area contributed by atoms with Crippen LogP contribution in [0.5, 0.6) is 11.6 Å². The summed E-state index contributed by atoms with van der Waals surface area (Å²) < 4.78 is 56.3. The number of hydrogen-bond acceptors (Lipinski definition) is 10. The first kappa shape index (κ1) is 33.3. The average molecular weight is 713 g/mol. The molecule has 0 radical (unpaired) electrons. The van der Waals surface area contributed by atoms with Crippen LogP contribution in [-0.4, -0.2) is 75.4 Å². The Hall–Kier alpha value is -4.24. The number of nitrogens with one attached hydrogen (secondary N) is 1. The zero-order chi connectivity index (χ0) is 34.8. The summed E-state index contributed by atoms with van der Waals surface area (Å²) in [4.78, 5) is 36.1. The van der Waals surface area contributed by atoms with E-state index in [0.29, 0.717) is 36.3 Å². The van der Waals surface area contributed by atoms with Crippen molar-refractivity contribution in [1.29, 1.82) is 0 Å². The number of nitrogens with two attached hydrogens (primary N) is 1. The number of halogens is 1. The van der Waals surface area contributed by atoms with Crippen molar-refractivity contribution in [2.45, 2.75) is 74.6 Å². The number of quaternary nitrogens is 1. The maximum atomic E-state index is 14.6. The number of rotatable bonds is 12. The molecule has 260 valence electrons. The molecule has 2 amide bonds. The van der Waals surface area contributed by atoms with Gasteiger partial charge in [0.25, 0.3) is 5.91 Å². The number of amides is 2. The molecule has 6 atom stereocenters. The Kier molecular flexibility index (Phi) is 8.76. The topological polar surface area (TPSA) is 163 Å². The van der Waals surface area contributed by atoms with Crippen LogP contribution in [0.4, 0.5) is 0 Å². The van der Waals surface area contributed by atoms with Gasteiger partial charge in [-0.05, 0) is 56.5 Å². The van der Waals surface area contributed by atoms with Gasteiger partial charge in [-0.2, -0.15) is 4.59 Å². The minimum atomic E-state index is -3.96. The quantitative estimate of drug-likeness (QED) is 0.247. The third-order valence-electron chi connectivity index (χ3n) is 9.48. The summed E-state index contributed by atoms with van der Waals surface area (Å²) in [5.41, 5.74) is 5.49. The molecule has 2 saturated carbocycles. The molecule has 7 rings (SSSR count). The highest BCUT2D eigenvalue weighted by Crippen LogP contribution is 2.61. The first-order valence-corrected chi connectivity index (χ1v) is 17.6. The number of fused-ring (bicyclic) bond motifs is 1. The summed E-state index contributed by atoms with van der Waals surface area (Å²) in [7, 11) is -3.96. The minimum Gasteiger partial charge on any atom is -0.491 e. The monoisotopic (exact) mass is 712 g/mol. The predicted octanol–water partition coefficient (Wildman–Crippen LogP) is 3.34. The summed E-state index contributed by atoms with van der Waals surface area (Å²) in [5.74, 6) is -0.811. The van der Waals surface area contributed by atoms with E-state index in [1.807, 2.05) is 13.8 Å². The number of carbonyl (C=O) groups excluding carboxylic acids is 2. The number of carbonyl (C=O) groups is 2. The van der Waals surface area contributed by atoms with Crippen LogP contribution < -0.4 is 19.9 Å². The normalized spacial score (nSPS) is 32.1. The molecule has 1 saturated heterocycles. The number of allylic oxidation sites excluding steroid dienone is 2. The van der Waals surface area contributed by atoms with Gasteiger partial charge in [-0.15, -0.1) is 24.0 Å². The molecule has 0 bridgehead atoms. The number of ether oxygens (including phenoxy) is 3. The van der Waals surface area contributed by atoms with Crippen molar-refractivity contribution < 1.29 is 38.2 Å². The second kappa shape index (κ2) is 12.9. The number of sulfonamides is 1. The van der Waals surface area contributed by atoms with Gasteiger partial charge in [-0.1, -0.05) is 18.2 Å². The van der Waals surface area contributed by atoms with Gasteiger partial charge in [0.05, 0.1) is 25.2 Å². The number of aromatic nitrogens is 2. The van der Waals surface area contributed by atoms with Gasteiger partial charge in [-0.25, -0.2) is 23.1 Å². The molecule has 2 aromatic rings. The first-order valence-electron chi connectivity index (χ1n) is 16.5. The number of nitrogens with zero attached hydrogens (tertiary/aromatic N) is 4. The van der Waals surface area contributed by atoms with Crippen molar-refractivity contribution in [1.82, 2.24) is 19.7 Å². The molecule has 2 aliphatic carbocycles. The third kappa shape index (κ3) is 5.90. The van der Waals surface area contributed by atoms with E-state index in [-0.39, 0.29) is 43.1 Å². The van der Waals surface area contributed by atoms with Crippen LogP contribution in [0.1, 0.15) is 52.5 Å². The lowest BCUT2D eigenvalue weighted by Crippen LogP contribution is -2.71. The summed E-state index contributed by atoms with van der Waals surface area (Å²) in [6.45, 7) is 8.03. The van der Waals surface area contributed by atoms with E-state index in [0.717, 1.165) is 0 Å². The zero-order valence-electron chi connectivity index (χ0n) is 28.1. The molecule has 15 heteroatoms. The van der Waals surface area contributed by atoms with Crippen LogP contribution in [0.25, 0.3) is 0 Å². The molecule has 3 N–H and O–H groups in total. The Morgan fingerprint density at radius 1 is 1.24 bits per heavy atom. The first-order chi connectivity index (χ1) is 23.3. The van der Waals surface area contributed by atoms with Gasteiger partial charge in [0.1, 0.15) is 30.5 Å². The van der Waals surface area contributed by atoms with Gasteiger partial charge in [0.15, 0.2) is 17.5 Å². The highest BCUT2D eigenvalue weighted by atomic mass is 35.5. The fourth-order valence-electron chi connectivity index (χ4n) is 7.13. The van der Waals surface area contributed by atoms with Gasteiger partial charge >= 0.3 is 0 Å². The Balaban J connectivity index is 0.00000432. The Bertz CT molecular complexity index is 1890. The lowest BCUT2D eigenvalue weighted by atomic mass is 10.0. The predicted molar refractivity (Wildman–Crippen MR) is 181 cm³/mol. The van der Waals surface area contributed by atoms with Crippen molar-refractivity contribution in [3.8, 4) is 11.6 Å². The molecule has 3 unspecified atom stereocenters. The molecule has 1 aromatic carbocycles. The highest BCUT2D eigenvalue weighted by molar-refractivity contribution is 7.91. The van der Waals surface area contributed by atoms with Crippen LogP contribution in [0.3, 0.4) is 0 Å². The van der Waals surface area contributed by atoms with Crippen LogP contribution in [0.2, 0.25) is 0 Å². The van der Waals surface area contributed by atoms with Crippen molar-refractivity contribution in [2.75, 3.05) is 6.54 Å². The maximum absolute atomic E-state index is 14.6. The molecule has 3 fully saturated rings. The minimum absolute atomic E-state index is 0. The van der Waals surface area contributed by atoms with E-state index in [4.69, 9.17) is 19.9 Å². The molecule has 49 heavy (non-hydrogen) atoms. The number of benzene rings is 1. The maximum Gasteiger partial charge on any atom is 0.298 e. The van der Waals surface area contributed by atoms with Gasteiger partial charge in [0.2, 0.25) is 27.3 Å². The molecule has 3 aliphatic heterocycles. The zero-order valence-corrected chi connectivity index (χ0v) is 28.7. The van der Waals surface area contributed by atoms with E-state index in [1.54, 1.807) is 65.8 Å². The van der Waals surface area contributed by atoms with E-state index >= 15 is 0 Å². The largest absolute Gasteiger partial charge is 0.491 e. The molecule has 5 aliphatic rings. The standard InChI is InChI=1S/C34H38N6O7S.ClH/c1-4-23-19-34(23,33(42)38-48(43,44)25-11-12-25)40(39-16-14-28(31(39)32(35)41)47-30-13-15-36-20-37-30)17-5-6-27-26(40)18-29(46-27)22-7-9-24(10-8-22)45-21(2)3;/h4-10,13,15,17-18,20-21,23,25,28-29,31H,1,11-12,14,16,19H2,2-3H3,(H2-,35,38,41,42);1H/p+1/t23-,28?,29+,31?,34?,40-;/m1./s1/i29D;. The molecule has 0 spiro atoms. The summed E-state index contributed by atoms with van der Waals surface area (Å²) in [6.07, 6.45) is 10.1. The van der Waals surface area contributed by atoms with Crippen molar-refractivity contribution in [2.24, 2.45) is 11.7 Å². The van der Waals surface area contributed by atoms with E-state index in [2.05, 4.69) is 21.3 Å². The molecular formula is C34H40ClN6O7S+. The summed E-state index contributed by atoms with van der Waals surface area (Å²) in [6, 6.07) is 7.46. The van der Waals surface area contributed by atoms with Gasteiger partial charge in [0, 0.05) is 31.2 Å². The second-order valence-electron chi connectivity index (χ2n) is 12.9. The molecule has 1 aromatic heterocycles. The van der Waals surface area contributed by atoms with Crippen LogP contribution in [0.15, 0.2) is 91.4 Å². The highest BCUT2D eigenvalue weighted by Gasteiger charge is 2.79. The van der Waals surface area contributed by atoms with Crippen LogP contribution in [0, 0.1) is 5.92 Å².